The molecule has 0 bridgehead atoms. The Bertz CT molecular complexity index is 860. The summed E-state index contributed by atoms with van der Waals surface area (Å²) in [6.07, 6.45) is 3.33. The van der Waals surface area contributed by atoms with Crippen LogP contribution in [0, 0.1) is 5.82 Å². The number of aromatic nitrogens is 3. The molecule has 2 aromatic heterocycles. The Morgan fingerprint density at radius 3 is 2.86 bits per heavy atom. The zero-order chi connectivity index (χ0) is 15.7. The minimum Gasteiger partial charge on any atom is -0.477 e. The number of halogens is 1. The van der Waals surface area contributed by atoms with Gasteiger partial charge in [0, 0.05) is 24.6 Å². The van der Waals surface area contributed by atoms with Gasteiger partial charge in [-0.2, -0.15) is 5.10 Å². The van der Waals surface area contributed by atoms with E-state index in [2.05, 4.69) is 10.1 Å². The highest BCUT2D eigenvalue weighted by Gasteiger charge is 2.23. The molecule has 3 aromatic rings. The van der Waals surface area contributed by atoms with Crippen molar-refractivity contribution in [1.29, 1.82) is 0 Å². The number of hydrogen-bond acceptors (Lipinski definition) is 4. The molecule has 0 aliphatic carbocycles. The Kier molecular flexibility index (Phi) is 3.56. The average molecular weight is 301 g/mol. The van der Waals surface area contributed by atoms with Crippen LogP contribution in [0.2, 0.25) is 0 Å². The summed E-state index contributed by atoms with van der Waals surface area (Å²) in [5, 5.41) is 22.4. The van der Waals surface area contributed by atoms with Crippen LogP contribution in [0.15, 0.2) is 36.7 Å². The summed E-state index contributed by atoms with van der Waals surface area (Å²) in [5.74, 6) is -1.81. The maximum Gasteiger partial charge on any atom is 0.341 e. The lowest BCUT2D eigenvalue weighted by atomic mass is 10.0. The molecule has 6 nitrogen and oxygen atoms in total. The van der Waals surface area contributed by atoms with Crippen LogP contribution < -0.4 is 0 Å². The second-order valence-corrected chi connectivity index (χ2v) is 4.70. The maximum atomic E-state index is 14.3. The molecule has 0 radical (unpaired) electrons. The fraction of sp³-hybridized carbons (Fsp3) is 0.133. The molecule has 0 unspecified atom stereocenters. The molecule has 0 saturated heterocycles. The first-order valence-corrected chi connectivity index (χ1v) is 6.58. The van der Waals surface area contributed by atoms with Gasteiger partial charge in [0.15, 0.2) is 5.65 Å². The first-order valence-electron chi connectivity index (χ1n) is 6.58. The molecule has 2 N–H and O–H groups in total. The molecule has 2 heterocycles. The highest BCUT2D eigenvalue weighted by Crippen LogP contribution is 2.28. The Balaban J connectivity index is 2.22. The van der Waals surface area contributed by atoms with Crippen LogP contribution in [0.1, 0.15) is 15.9 Å². The van der Waals surface area contributed by atoms with Crippen molar-refractivity contribution in [3.63, 3.8) is 0 Å². The molecule has 0 amide bonds. The third kappa shape index (κ3) is 2.31. The molecule has 0 spiro atoms. The van der Waals surface area contributed by atoms with Gasteiger partial charge in [0.05, 0.1) is 0 Å². The molecule has 3 rings (SSSR count). The van der Waals surface area contributed by atoms with E-state index in [9.17, 15) is 14.3 Å². The van der Waals surface area contributed by atoms with Crippen molar-refractivity contribution in [1.82, 2.24) is 14.6 Å². The second-order valence-electron chi connectivity index (χ2n) is 4.70. The average Bonchev–Trinajstić information content (AvgIpc) is 2.86. The maximum absolute atomic E-state index is 14.3. The molecule has 0 aliphatic rings. The van der Waals surface area contributed by atoms with Crippen molar-refractivity contribution in [2.45, 2.75) is 6.42 Å². The van der Waals surface area contributed by atoms with Gasteiger partial charge in [-0.05, 0) is 30.2 Å². The van der Waals surface area contributed by atoms with E-state index in [1.165, 1.54) is 22.8 Å². The normalized spacial score (nSPS) is 11.0. The molecule has 1 aromatic carbocycles. The van der Waals surface area contributed by atoms with Crippen LogP contribution in [0.4, 0.5) is 4.39 Å². The number of nitrogens with zero attached hydrogens (tertiary/aromatic N) is 3. The summed E-state index contributed by atoms with van der Waals surface area (Å²) in [7, 11) is 0. The number of carboxylic acid groups (broad SMARTS) is 1. The van der Waals surface area contributed by atoms with Crippen molar-refractivity contribution in [2.75, 3.05) is 6.61 Å². The number of fused-ring (bicyclic) bond motifs is 1. The number of hydrogen-bond donors (Lipinski definition) is 2. The summed E-state index contributed by atoms with van der Waals surface area (Å²) in [6, 6.07) is 5.98. The van der Waals surface area contributed by atoms with Crippen molar-refractivity contribution < 1.29 is 19.4 Å². The van der Waals surface area contributed by atoms with Gasteiger partial charge in [-0.15, -0.1) is 0 Å². The SMILES string of the molecule is O=C(O)c1c(-c2ccc(CCO)cc2F)nn2cccnc12. The number of benzene rings is 1. The van der Waals surface area contributed by atoms with Gasteiger partial charge in [0.1, 0.15) is 17.1 Å². The lowest BCUT2D eigenvalue weighted by Gasteiger charge is -2.04. The lowest BCUT2D eigenvalue weighted by molar-refractivity contribution is 0.0699. The number of carboxylic acids is 1. The van der Waals surface area contributed by atoms with Crippen LogP contribution >= 0.6 is 0 Å². The largest absolute Gasteiger partial charge is 0.477 e. The summed E-state index contributed by atoms with van der Waals surface area (Å²) in [5.41, 5.74) is 0.754. The fourth-order valence-electron chi connectivity index (χ4n) is 2.31. The predicted octanol–water partition coefficient (Wildman–Crippen LogP) is 1.77. The Morgan fingerprint density at radius 2 is 2.18 bits per heavy atom. The molecule has 0 fully saturated rings. The number of carbonyl (C=O) groups is 1. The third-order valence-corrected chi connectivity index (χ3v) is 3.30. The minimum atomic E-state index is -1.22. The van der Waals surface area contributed by atoms with E-state index < -0.39 is 11.8 Å². The molecular weight excluding hydrogens is 289 g/mol. The minimum absolute atomic E-state index is 0.0271. The van der Waals surface area contributed by atoms with Gasteiger partial charge < -0.3 is 10.2 Å². The topological polar surface area (TPSA) is 87.7 Å². The predicted molar refractivity (Wildman–Crippen MR) is 76.1 cm³/mol. The van der Waals surface area contributed by atoms with E-state index in [-0.39, 0.29) is 29.1 Å². The van der Waals surface area contributed by atoms with Crippen LogP contribution in [-0.2, 0) is 6.42 Å². The van der Waals surface area contributed by atoms with Crippen molar-refractivity contribution in [3.8, 4) is 11.3 Å². The summed E-state index contributed by atoms with van der Waals surface area (Å²) >= 11 is 0. The van der Waals surface area contributed by atoms with Gasteiger partial charge >= 0.3 is 5.97 Å². The third-order valence-electron chi connectivity index (χ3n) is 3.30. The van der Waals surface area contributed by atoms with Crippen molar-refractivity contribution in [3.05, 3.63) is 53.6 Å². The molecule has 0 saturated carbocycles. The van der Waals surface area contributed by atoms with E-state index in [1.807, 2.05) is 0 Å². The molecule has 0 atom stereocenters. The Hall–Kier alpha value is -2.80. The summed E-state index contributed by atoms with van der Waals surface area (Å²) in [6.45, 7) is -0.0859. The van der Waals surface area contributed by atoms with Gasteiger partial charge in [-0.25, -0.2) is 18.7 Å². The monoisotopic (exact) mass is 301 g/mol. The van der Waals surface area contributed by atoms with Crippen LogP contribution in [0.3, 0.4) is 0 Å². The standard InChI is InChI=1S/C15H12FN3O3/c16-11-8-9(4-7-20)2-3-10(11)13-12(15(21)22)14-17-5-1-6-19(14)18-13/h1-3,5-6,8,20H,4,7H2,(H,21,22). The number of aromatic carboxylic acids is 1. The zero-order valence-corrected chi connectivity index (χ0v) is 11.4. The zero-order valence-electron chi connectivity index (χ0n) is 11.4. The Labute approximate surface area is 124 Å². The van der Waals surface area contributed by atoms with E-state index in [0.717, 1.165) is 0 Å². The van der Waals surface area contributed by atoms with Gasteiger partial charge in [0.2, 0.25) is 0 Å². The molecule has 112 valence electrons. The van der Waals surface area contributed by atoms with Crippen LogP contribution in [-0.4, -0.2) is 37.4 Å². The van der Waals surface area contributed by atoms with E-state index in [4.69, 9.17) is 5.11 Å². The molecular formula is C15H12FN3O3. The van der Waals surface area contributed by atoms with Gasteiger partial charge in [-0.3, -0.25) is 0 Å². The van der Waals surface area contributed by atoms with E-state index in [1.54, 1.807) is 18.3 Å². The number of aliphatic hydroxyl groups is 1. The summed E-state index contributed by atoms with van der Waals surface area (Å²) in [4.78, 5) is 15.5. The molecule has 0 aliphatic heterocycles. The fourth-order valence-corrected chi connectivity index (χ4v) is 2.31. The van der Waals surface area contributed by atoms with Crippen molar-refractivity contribution >= 4 is 11.6 Å². The van der Waals surface area contributed by atoms with E-state index in [0.29, 0.717) is 12.0 Å². The molecule has 22 heavy (non-hydrogen) atoms. The Morgan fingerprint density at radius 1 is 1.36 bits per heavy atom. The summed E-state index contributed by atoms with van der Waals surface area (Å²) < 4.78 is 15.6. The second kappa shape index (κ2) is 5.53. The number of rotatable bonds is 4. The van der Waals surface area contributed by atoms with Crippen LogP contribution in [0.25, 0.3) is 16.9 Å². The van der Waals surface area contributed by atoms with Gasteiger partial charge in [0.25, 0.3) is 0 Å². The number of aliphatic hydroxyl groups excluding tert-OH is 1. The lowest BCUT2D eigenvalue weighted by Crippen LogP contribution is -2.00. The van der Waals surface area contributed by atoms with Crippen molar-refractivity contribution in [2.24, 2.45) is 0 Å². The highest BCUT2D eigenvalue weighted by atomic mass is 19.1. The molecule has 7 heteroatoms. The quantitative estimate of drug-likeness (QED) is 0.767. The smallest absolute Gasteiger partial charge is 0.341 e. The first kappa shape index (κ1) is 14.2. The van der Waals surface area contributed by atoms with Gasteiger partial charge in [-0.1, -0.05) is 6.07 Å². The first-order chi connectivity index (χ1) is 10.6. The van der Waals surface area contributed by atoms with E-state index >= 15 is 0 Å². The highest BCUT2D eigenvalue weighted by molar-refractivity contribution is 6.01. The van der Waals surface area contributed by atoms with Crippen LogP contribution in [0.5, 0.6) is 0 Å².